The fraction of sp³-hybridized carbons (Fsp3) is 0.159. The van der Waals surface area contributed by atoms with E-state index < -0.39 is 0 Å². The van der Waals surface area contributed by atoms with Crippen LogP contribution in [0, 0.1) is 17.8 Å². The first-order valence-electron chi connectivity index (χ1n) is 41.2. The Morgan fingerprint density at radius 2 is 0.623 bits per heavy atom. The number of para-hydroxylation sites is 2. The molecule has 2 atom stereocenters. The van der Waals surface area contributed by atoms with E-state index in [0.29, 0.717) is 11.8 Å². The number of hydrogen-bond donors (Lipinski definition) is 0. The summed E-state index contributed by atoms with van der Waals surface area (Å²) in [6.45, 7) is 9.80. The maximum Gasteiger partial charge on any atom is 0.252 e. The molecule has 6 heterocycles. The van der Waals surface area contributed by atoms with E-state index in [1.54, 1.807) is 0 Å². The molecule has 0 saturated heterocycles. The van der Waals surface area contributed by atoms with Gasteiger partial charge in [-0.1, -0.05) is 222 Å². The van der Waals surface area contributed by atoms with Crippen molar-refractivity contribution in [3.63, 3.8) is 0 Å². The number of hydrogen-bond acceptors (Lipinski definition) is 6. The van der Waals surface area contributed by atoms with Gasteiger partial charge in [-0.2, -0.15) is 0 Å². The van der Waals surface area contributed by atoms with Crippen molar-refractivity contribution in [2.75, 3.05) is 9.80 Å². The van der Waals surface area contributed by atoms with Gasteiger partial charge < -0.3 is 9.80 Å². The maximum atomic E-state index is 2.92. The van der Waals surface area contributed by atoms with Gasteiger partial charge in [-0.3, -0.25) is 0 Å². The summed E-state index contributed by atoms with van der Waals surface area (Å²) in [7, 11) is 0. The van der Waals surface area contributed by atoms with E-state index in [0.717, 1.165) is 5.92 Å². The number of nitrogens with zero attached hydrogens (tertiary/aromatic N) is 2. The molecule has 2 unspecified atom stereocenters. The molecule has 0 spiro atoms. The summed E-state index contributed by atoms with van der Waals surface area (Å²) in [4.78, 5) is 5.84. The number of fused-ring (bicyclic) bond motifs is 23. The monoisotopic (exact) mass is 1530 g/mol. The summed E-state index contributed by atoms with van der Waals surface area (Å²) in [6.07, 6.45) is 9.02. The SMILES string of the molecule is CC1(C)c2ccccc2-c2cc3c(cc21)N(c1c(-c2ccc4sc5ccccc5c4c2)cccc1-c1ccc2sc4ccccc4c2c1)c1cc(C24CCC5CC(CC(C5)C2)C4)cc2c1B3c1cc3c(cc1N2c1c(-c2ccc4sc5ccccc5c4c2)cccc1-c1ccc2sc4ccccc4c2c1)C(C)(C)c1ccccc1-3. The Kier molecular flexibility index (Phi) is 13.5. The van der Waals surface area contributed by atoms with E-state index >= 15 is 0 Å². The Bertz CT molecular complexity index is 6810. The van der Waals surface area contributed by atoms with E-state index in [4.69, 9.17) is 0 Å². The third kappa shape index (κ3) is 9.07. The van der Waals surface area contributed by atoms with Gasteiger partial charge in [0.05, 0.1) is 11.4 Å². The van der Waals surface area contributed by atoms with Gasteiger partial charge in [0, 0.05) is 137 Å². The Labute approximate surface area is 680 Å². The van der Waals surface area contributed by atoms with Crippen molar-refractivity contribution in [2.45, 2.75) is 88.9 Å². The van der Waals surface area contributed by atoms with Gasteiger partial charge in [0.25, 0.3) is 6.71 Å². The van der Waals surface area contributed by atoms with Crippen molar-refractivity contribution in [2.24, 2.45) is 17.8 Å². The highest BCUT2D eigenvalue weighted by molar-refractivity contribution is 7.27. The molecular weight excluding hydrogens is 1450 g/mol. The van der Waals surface area contributed by atoms with Gasteiger partial charge in [-0.05, 0) is 254 Å². The molecule has 6 aliphatic carbocycles. The van der Waals surface area contributed by atoms with Gasteiger partial charge in [0.2, 0.25) is 0 Å². The molecule has 4 bridgehead atoms. The molecule has 2 aliphatic heterocycles. The largest absolute Gasteiger partial charge is 0.310 e. The number of thiophene rings is 4. The molecule has 4 fully saturated rings. The molecule has 15 aromatic carbocycles. The van der Waals surface area contributed by atoms with Crippen LogP contribution in [0.15, 0.2) is 291 Å². The normalized spacial score (nSPS) is 19.0. The number of benzene rings is 15. The van der Waals surface area contributed by atoms with Crippen LogP contribution in [0.3, 0.4) is 0 Å². The van der Waals surface area contributed by atoms with Gasteiger partial charge in [-0.15, -0.1) is 45.3 Å². The van der Waals surface area contributed by atoms with Crippen LogP contribution in [0.5, 0.6) is 0 Å². The van der Waals surface area contributed by atoms with Crippen LogP contribution in [-0.2, 0) is 16.2 Å². The molecule has 8 aliphatic rings. The summed E-state index contributed by atoms with van der Waals surface area (Å²) in [5.74, 6) is 2.19. The highest BCUT2D eigenvalue weighted by Crippen LogP contribution is 2.63. The Balaban J connectivity index is 0.846. The fourth-order valence-corrected chi connectivity index (χ4v) is 28.1. The Hall–Kier alpha value is -11.2. The van der Waals surface area contributed by atoms with Crippen LogP contribution in [0.1, 0.15) is 100 Å². The van der Waals surface area contributed by atoms with Gasteiger partial charge in [0.1, 0.15) is 0 Å². The van der Waals surface area contributed by atoms with Crippen molar-refractivity contribution in [3.8, 4) is 66.8 Å². The molecule has 27 rings (SSSR count). The minimum atomic E-state index is -0.302. The average molecular weight is 1530 g/mol. The van der Waals surface area contributed by atoms with Crippen LogP contribution >= 0.6 is 45.3 Å². The third-order valence-electron chi connectivity index (χ3n) is 28.7. The van der Waals surface area contributed by atoms with Crippen LogP contribution in [0.2, 0.25) is 0 Å². The second-order valence-electron chi connectivity index (χ2n) is 35.5. The lowest BCUT2D eigenvalue weighted by Crippen LogP contribution is -2.62. The van der Waals surface area contributed by atoms with E-state index in [2.05, 4.69) is 329 Å². The zero-order valence-corrected chi connectivity index (χ0v) is 67.3. The topological polar surface area (TPSA) is 6.48 Å². The van der Waals surface area contributed by atoms with Crippen molar-refractivity contribution < 1.29 is 0 Å². The van der Waals surface area contributed by atoms with Crippen LogP contribution < -0.4 is 26.2 Å². The average Bonchev–Trinajstić information content (AvgIpc) is 1.06. The smallest absolute Gasteiger partial charge is 0.252 e. The third-order valence-corrected chi connectivity index (χ3v) is 33.4. The fourth-order valence-electron chi connectivity index (χ4n) is 23.8. The van der Waals surface area contributed by atoms with Gasteiger partial charge >= 0.3 is 0 Å². The lowest BCUT2D eigenvalue weighted by atomic mass is 9.33. The van der Waals surface area contributed by atoms with Crippen LogP contribution in [0.25, 0.3) is 147 Å². The molecule has 542 valence electrons. The first kappa shape index (κ1) is 65.3. The van der Waals surface area contributed by atoms with Crippen molar-refractivity contribution in [1.29, 1.82) is 0 Å². The minimum Gasteiger partial charge on any atom is -0.310 e. The van der Waals surface area contributed by atoms with Crippen molar-refractivity contribution in [3.05, 3.63) is 319 Å². The molecule has 0 N–H and O–H groups in total. The standard InChI is InChI=1S/C107H77BN2S4/c1-105(2)84-29-11-5-19-72(84)78-54-88-90(56-86(78)105)109(103-68(63-35-39-98-80(48-63)74-21-7-13-31-94(74)111-98)25-17-26-69(103)64-36-40-99-81(49-64)75-22-8-14-32-95(75)112-99)92-52-67(107-44-43-60-45-61(58-107)47-62(46-60)59-107)53-93-102(92)108(88)89-55-79-73-20-6-12-30-85(73)106(3,4)87(79)57-91(89)110(93)104-70(65-37-41-100-82(50-65)76-23-9-15-33-96(76)113-100)27-18-28-71(104)66-38-42-101-83(51-66)77-24-10-16-34-97(77)114-101/h5-42,48-57,60-62H,43-47,58-59H2,1-4H3. The van der Waals surface area contributed by atoms with Crippen LogP contribution in [0.4, 0.5) is 34.1 Å². The van der Waals surface area contributed by atoms with E-state index in [1.165, 1.54) is 271 Å². The van der Waals surface area contributed by atoms with E-state index in [-0.39, 0.29) is 23.0 Å². The molecule has 0 radical (unpaired) electrons. The highest BCUT2D eigenvalue weighted by atomic mass is 32.1. The summed E-state index contributed by atoms with van der Waals surface area (Å²) < 4.78 is 10.5. The van der Waals surface area contributed by atoms with Gasteiger partial charge in [-0.25, -0.2) is 0 Å². The molecule has 2 nitrogen and oxygen atoms in total. The van der Waals surface area contributed by atoms with E-state index in [9.17, 15) is 0 Å². The summed E-state index contributed by atoms with van der Waals surface area (Å²) in [5.41, 5.74) is 33.2. The predicted molar refractivity (Wildman–Crippen MR) is 493 cm³/mol. The first-order valence-corrected chi connectivity index (χ1v) is 44.5. The number of anilines is 6. The highest BCUT2D eigenvalue weighted by Gasteiger charge is 2.53. The lowest BCUT2D eigenvalue weighted by molar-refractivity contribution is 0.113. The van der Waals surface area contributed by atoms with E-state index in [1.807, 2.05) is 45.3 Å². The summed E-state index contributed by atoms with van der Waals surface area (Å²) in [5, 5.41) is 10.5. The maximum absolute atomic E-state index is 2.92. The second kappa shape index (κ2) is 23.5. The Morgan fingerprint density at radius 3 is 1.01 bits per heavy atom. The summed E-state index contributed by atoms with van der Waals surface area (Å²) >= 11 is 7.64. The quantitative estimate of drug-likeness (QED) is 0.147. The lowest BCUT2D eigenvalue weighted by Gasteiger charge is -2.49. The van der Waals surface area contributed by atoms with Crippen molar-refractivity contribution in [1.82, 2.24) is 0 Å². The second-order valence-corrected chi connectivity index (χ2v) is 39.8. The molecule has 7 heteroatoms. The zero-order valence-electron chi connectivity index (χ0n) is 64.0. The molecule has 114 heavy (non-hydrogen) atoms. The molecule has 4 saturated carbocycles. The molecule has 19 aromatic rings. The van der Waals surface area contributed by atoms with Crippen LogP contribution in [-0.4, -0.2) is 6.71 Å². The molecular formula is C107H77BN2S4. The molecule has 0 amide bonds. The Morgan fingerprint density at radius 1 is 0.289 bits per heavy atom. The minimum absolute atomic E-state index is 0.0439. The van der Waals surface area contributed by atoms with Gasteiger partial charge in [0.15, 0.2) is 0 Å². The zero-order chi connectivity index (χ0) is 74.9. The number of rotatable bonds is 7. The first-order chi connectivity index (χ1) is 55.9. The molecule has 4 aromatic heterocycles. The summed E-state index contributed by atoms with van der Waals surface area (Å²) in [6, 6.07) is 116. The van der Waals surface area contributed by atoms with Crippen molar-refractivity contribution >= 4 is 183 Å². The predicted octanol–water partition coefficient (Wildman–Crippen LogP) is 29.4.